The van der Waals surface area contributed by atoms with Crippen LogP contribution in [-0.4, -0.2) is 0 Å². The SMILES string of the molecule is C=CCCCCCCCCCCCC(C)CCCCCCCCCCCCCCCCCC=CCCCCCCCC. The van der Waals surface area contributed by atoms with Gasteiger partial charge in [-0.05, 0) is 44.4 Å². The zero-order valence-corrected chi connectivity index (χ0v) is 29.8. The first-order chi connectivity index (χ1) is 20.8. The molecule has 0 rings (SSSR count). The van der Waals surface area contributed by atoms with Gasteiger partial charge in [0.15, 0.2) is 0 Å². The van der Waals surface area contributed by atoms with E-state index in [4.69, 9.17) is 0 Å². The molecule has 0 radical (unpaired) electrons. The van der Waals surface area contributed by atoms with Crippen molar-refractivity contribution >= 4 is 0 Å². The van der Waals surface area contributed by atoms with Crippen LogP contribution < -0.4 is 0 Å². The molecule has 0 saturated heterocycles. The van der Waals surface area contributed by atoms with Crippen molar-refractivity contribution in [2.45, 2.75) is 239 Å². The summed E-state index contributed by atoms with van der Waals surface area (Å²) in [5, 5.41) is 0. The molecule has 0 aliphatic heterocycles. The predicted molar refractivity (Wildman–Crippen MR) is 196 cm³/mol. The fourth-order valence-electron chi connectivity index (χ4n) is 6.49. The number of rotatable bonds is 37. The molecule has 0 bridgehead atoms. The Labute approximate surface area is 268 Å². The largest absolute Gasteiger partial charge is 0.103 e. The van der Waals surface area contributed by atoms with Gasteiger partial charge in [-0.1, -0.05) is 218 Å². The lowest BCUT2D eigenvalue weighted by molar-refractivity contribution is 0.429. The van der Waals surface area contributed by atoms with Crippen LogP contribution in [0, 0.1) is 5.92 Å². The van der Waals surface area contributed by atoms with E-state index in [0.29, 0.717) is 0 Å². The topological polar surface area (TPSA) is 0 Å². The predicted octanol–water partition coefficient (Wildman–Crippen LogP) is 16.0. The highest BCUT2D eigenvalue weighted by Crippen LogP contribution is 2.19. The Morgan fingerprint density at radius 2 is 0.619 bits per heavy atom. The van der Waals surface area contributed by atoms with Gasteiger partial charge in [0.2, 0.25) is 0 Å². The maximum atomic E-state index is 3.81. The molecule has 0 amide bonds. The molecule has 0 nitrogen and oxygen atoms in total. The van der Waals surface area contributed by atoms with Gasteiger partial charge < -0.3 is 0 Å². The highest BCUT2D eigenvalue weighted by molar-refractivity contribution is 4.81. The minimum Gasteiger partial charge on any atom is -0.103 e. The monoisotopic (exact) mass is 587 g/mol. The van der Waals surface area contributed by atoms with E-state index < -0.39 is 0 Å². The summed E-state index contributed by atoms with van der Waals surface area (Å²) in [4.78, 5) is 0. The van der Waals surface area contributed by atoms with Crippen molar-refractivity contribution in [2.24, 2.45) is 5.92 Å². The van der Waals surface area contributed by atoms with Gasteiger partial charge in [-0.3, -0.25) is 0 Å². The summed E-state index contributed by atoms with van der Waals surface area (Å²) in [6.45, 7) is 8.61. The maximum Gasteiger partial charge on any atom is -0.0351 e. The van der Waals surface area contributed by atoms with Gasteiger partial charge >= 0.3 is 0 Å². The summed E-state index contributed by atoms with van der Waals surface area (Å²) in [7, 11) is 0. The third kappa shape index (κ3) is 37.5. The Morgan fingerprint density at radius 3 is 0.929 bits per heavy atom. The van der Waals surface area contributed by atoms with Crippen molar-refractivity contribution < 1.29 is 0 Å². The highest BCUT2D eigenvalue weighted by atomic mass is 14.1. The number of hydrogen-bond acceptors (Lipinski definition) is 0. The van der Waals surface area contributed by atoms with Crippen molar-refractivity contribution in [2.75, 3.05) is 0 Å². The molecule has 0 aromatic rings. The van der Waals surface area contributed by atoms with Crippen LogP contribution in [-0.2, 0) is 0 Å². The Morgan fingerprint density at radius 1 is 0.357 bits per heavy atom. The number of unbranched alkanes of at least 4 members (excludes halogenated alkanes) is 30. The molecule has 1 unspecified atom stereocenters. The summed E-state index contributed by atoms with van der Waals surface area (Å²) in [5.41, 5.74) is 0. The molecule has 0 aliphatic carbocycles. The third-order valence-corrected chi connectivity index (χ3v) is 9.56. The Hall–Kier alpha value is -0.520. The van der Waals surface area contributed by atoms with Gasteiger partial charge in [-0.2, -0.15) is 0 Å². The first kappa shape index (κ1) is 41.5. The number of allylic oxidation sites excluding steroid dienone is 3. The average Bonchev–Trinajstić information content (AvgIpc) is 3.00. The van der Waals surface area contributed by atoms with E-state index in [0.717, 1.165) is 5.92 Å². The van der Waals surface area contributed by atoms with E-state index in [-0.39, 0.29) is 0 Å². The first-order valence-electron chi connectivity index (χ1n) is 20.1. The van der Waals surface area contributed by atoms with Crippen LogP contribution in [0.5, 0.6) is 0 Å². The van der Waals surface area contributed by atoms with Gasteiger partial charge in [-0.25, -0.2) is 0 Å². The summed E-state index contributed by atoms with van der Waals surface area (Å²) >= 11 is 0. The summed E-state index contributed by atoms with van der Waals surface area (Å²) in [6.07, 6.45) is 57.3. The van der Waals surface area contributed by atoms with Crippen LogP contribution in [0.15, 0.2) is 24.8 Å². The van der Waals surface area contributed by atoms with Crippen LogP contribution in [0.3, 0.4) is 0 Å². The first-order valence-corrected chi connectivity index (χ1v) is 20.1. The molecule has 0 fully saturated rings. The zero-order valence-electron chi connectivity index (χ0n) is 29.8. The van der Waals surface area contributed by atoms with Gasteiger partial charge in [0.05, 0.1) is 0 Å². The molecule has 42 heavy (non-hydrogen) atoms. The molecule has 0 spiro atoms. The molecule has 0 saturated carbocycles. The molecule has 0 N–H and O–H groups in total. The molecule has 1 atom stereocenters. The lowest BCUT2D eigenvalue weighted by Crippen LogP contribution is -1.95. The number of hydrogen-bond donors (Lipinski definition) is 0. The van der Waals surface area contributed by atoms with E-state index in [1.54, 1.807) is 0 Å². The maximum absolute atomic E-state index is 3.81. The fraction of sp³-hybridized carbons (Fsp3) is 0.905. The minimum atomic E-state index is 0.955. The van der Waals surface area contributed by atoms with Crippen LogP contribution in [0.2, 0.25) is 0 Å². The molecule has 0 aliphatic rings. The van der Waals surface area contributed by atoms with E-state index in [1.807, 2.05) is 0 Å². The van der Waals surface area contributed by atoms with E-state index >= 15 is 0 Å². The molecule has 250 valence electrons. The second kappa shape index (κ2) is 38.5. The molecule has 0 heteroatoms. The Balaban J connectivity index is 3.15. The quantitative estimate of drug-likeness (QED) is 0.0501. The van der Waals surface area contributed by atoms with E-state index in [2.05, 4.69) is 38.7 Å². The normalized spacial score (nSPS) is 12.4. The van der Waals surface area contributed by atoms with Crippen molar-refractivity contribution in [1.29, 1.82) is 0 Å². The lowest BCUT2D eigenvalue weighted by Gasteiger charge is -2.11. The van der Waals surface area contributed by atoms with Crippen LogP contribution in [0.25, 0.3) is 0 Å². The summed E-state index contributed by atoms with van der Waals surface area (Å²) < 4.78 is 0. The van der Waals surface area contributed by atoms with E-state index in [1.165, 1.54) is 225 Å². The molecular formula is C42H82. The van der Waals surface area contributed by atoms with Gasteiger partial charge in [0.25, 0.3) is 0 Å². The lowest BCUT2D eigenvalue weighted by atomic mass is 9.95. The van der Waals surface area contributed by atoms with Crippen LogP contribution in [0.1, 0.15) is 239 Å². The second-order valence-corrected chi connectivity index (χ2v) is 14.1. The van der Waals surface area contributed by atoms with Crippen molar-refractivity contribution in [3.8, 4) is 0 Å². The van der Waals surface area contributed by atoms with Gasteiger partial charge in [-0.15, -0.1) is 6.58 Å². The smallest absolute Gasteiger partial charge is 0.0351 e. The van der Waals surface area contributed by atoms with Crippen molar-refractivity contribution in [3.05, 3.63) is 24.8 Å². The molecule has 0 aromatic heterocycles. The summed E-state index contributed by atoms with van der Waals surface area (Å²) in [5.74, 6) is 0.955. The average molecular weight is 587 g/mol. The second-order valence-electron chi connectivity index (χ2n) is 14.1. The molecular weight excluding hydrogens is 504 g/mol. The fourth-order valence-corrected chi connectivity index (χ4v) is 6.49. The van der Waals surface area contributed by atoms with Gasteiger partial charge in [0, 0.05) is 0 Å². The third-order valence-electron chi connectivity index (χ3n) is 9.56. The zero-order chi connectivity index (χ0) is 30.4. The Kier molecular flexibility index (Phi) is 38.0. The standard InChI is InChI=1S/C42H82/c1-4-6-8-10-12-14-16-17-18-19-20-21-22-23-24-25-26-27-28-29-31-33-35-37-39-41-42(3)40-38-36-34-32-30-15-13-11-9-7-5-2/h5,17-18,42H,2,4,6-16,19-41H2,1,3H3. The Bertz CT molecular complexity index is 502. The van der Waals surface area contributed by atoms with Crippen LogP contribution in [0.4, 0.5) is 0 Å². The van der Waals surface area contributed by atoms with E-state index in [9.17, 15) is 0 Å². The van der Waals surface area contributed by atoms with Crippen molar-refractivity contribution in [3.63, 3.8) is 0 Å². The highest BCUT2D eigenvalue weighted by Gasteiger charge is 2.02. The minimum absolute atomic E-state index is 0.955. The van der Waals surface area contributed by atoms with Gasteiger partial charge in [0.1, 0.15) is 0 Å². The molecule has 0 aromatic carbocycles. The molecule has 0 heterocycles. The van der Waals surface area contributed by atoms with Crippen LogP contribution >= 0.6 is 0 Å². The van der Waals surface area contributed by atoms with Crippen molar-refractivity contribution in [1.82, 2.24) is 0 Å². The summed E-state index contributed by atoms with van der Waals surface area (Å²) in [6, 6.07) is 0.